The molecule has 0 saturated carbocycles. The van der Waals surface area contributed by atoms with E-state index in [-0.39, 0.29) is 5.91 Å². The van der Waals surface area contributed by atoms with Gasteiger partial charge in [0.25, 0.3) is 0 Å². The van der Waals surface area contributed by atoms with Crippen molar-refractivity contribution in [3.63, 3.8) is 0 Å². The number of benzene rings is 1. The zero-order valence-corrected chi connectivity index (χ0v) is 11.9. The molecule has 1 aromatic rings. The van der Waals surface area contributed by atoms with E-state index in [2.05, 4.69) is 11.4 Å². The SMILES string of the molecule is CN(CCC#N)C(=O)C1(c2ccccc2)CCNCC1. The second-order valence-corrected chi connectivity index (χ2v) is 5.33. The van der Waals surface area contributed by atoms with Crippen molar-refractivity contribution in [1.82, 2.24) is 10.2 Å². The smallest absolute Gasteiger partial charge is 0.233 e. The number of nitriles is 1. The Labute approximate surface area is 120 Å². The lowest BCUT2D eigenvalue weighted by molar-refractivity contribution is -0.137. The second-order valence-electron chi connectivity index (χ2n) is 5.33. The minimum atomic E-state index is -0.434. The fourth-order valence-corrected chi connectivity index (χ4v) is 2.92. The summed E-state index contributed by atoms with van der Waals surface area (Å²) in [5, 5.41) is 12.0. The van der Waals surface area contributed by atoms with Crippen LogP contribution in [-0.2, 0) is 10.2 Å². The molecule has 0 aromatic heterocycles. The monoisotopic (exact) mass is 271 g/mol. The van der Waals surface area contributed by atoms with Crippen molar-refractivity contribution >= 4 is 5.91 Å². The molecule has 0 radical (unpaired) electrons. The van der Waals surface area contributed by atoms with E-state index in [1.165, 1.54) is 0 Å². The van der Waals surface area contributed by atoms with E-state index < -0.39 is 5.41 Å². The van der Waals surface area contributed by atoms with E-state index in [9.17, 15) is 4.79 Å². The van der Waals surface area contributed by atoms with Gasteiger partial charge in [0.2, 0.25) is 5.91 Å². The van der Waals surface area contributed by atoms with Crippen molar-refractivity contribution in [1.29, 1.82) is 5.26 Å². The van der Waals surface area contributed by atoms with Crippen molar-refractivity contribution in [3.05, 3.63) is 35.9 Å². The number of nitrogens with zero attached hydrogens (tertiary/aromatic N) is 2. The maximum atomic E-state index is 12.9. The highest BCUT2D eigenvalue weighted by molar-refractivity contribution is 5.88. The van der Waals surface area contributed by atoms with Crippen molar-refractivity contribution in [2.75, 3.05) is 26.7 Å². The van der Waals surface area contributed by atoms with E-state index in [4.69, 9.17) is 5.26 Å². The Kier molecular flexibility index (Phi) is 4.75. The number of rotatable bonds is 4. The summed E-state index contributed by atoms with van der Waals surface area (Å²) in [4.78, 5) is 14.6. The molecule has 1 aliphatic heterocycles. The summed E-state index contributed by atoms with van der Waals surface area (Å²) in [5.74, 6) is 0.139. The van der Waals surface area contributed by atoms with E-state index in [0.29, 0.717) is 13.0 Å². The Hall–Kier alpha value is -1.86. The third-order valence-corrected chi connectivity index (χ3v) is 4.10. The normalized spacial score (nSPS) is 17.2. The molecule has 2 rings (SSSR count). The van der Waals surface area contributed by atoms with Crippen LogP contribution in [0.2, 0.25) is 0 Å². The molecule has 1 saturated heterocycles. The van der Waals surface area contributed by atoms with Gasteiger partial charge in [-0.25, -0.2) is 0 Å². The minimum Gasteiger partial charge on any atom is -0.344 e. The highest BCUT2D eigenvalue weighted by Crippen LogP contribution is 2.35. The first-order valence-corrected chi connectivity index (χ1v) is 7.09. The van der Waals surface area contributed by atoms with Crippen LogP contribution in [0.4, 0.5) is 0 Å². The fraction of sp³-hybridized carbons (Fsp3) is 0.500. The number of carbonyl (C=O) groups is 1. The first-order valence-electron chi connectivity index (χ1n) is 7.09. The average Bonchev–Trinajstić information content (AvgIpc) is 2.53. The standard InChI is InChI=1S/C16H21N3O/c1-19(13-5-10-17)15(20)16(8-11-18-12-9-16)14-6-3-2-4-7-14/h2-4,6-7,18H,5,8-9,11-13H2,1H3. The van der Waals surface area contributed by atoms with Gasteiger partial charge < -0.3 is 10.2 Å². The van der Waals surface area contributed by atoms with Gasteiger partial charge in [-0.05, 0) is 31.5 Å². The molecule has 1 fully saturated rings. The average molecular weight is 271 g/mol. The molecule has 0 bridgehead atoms. The number of carbonyl (C=O) groups excluding carboxylic acids is 1. The minimum absolute atomic E-state index is 0.139. The van der Waals surface area contributed by atoms with Crippen LogP contribution in [-0.4, -0.2) is 37.5 Å². The fourth-order valence-electron chi connectivity index (χ4n) is 2.92. The number of piperidine rings is 1. The van der Waals surface area contributed by atoms with Crippen LogP contribution in [0.15, 0.2) is 30.3 Å². The molecule has 0 aliphatic carbocycles. The molecule has 0 spiro atoms. The first kappa shape index (κ1) is 14.5. The molecular formula is C16H21N3O. The predicted molar refractivity (Wildman–Crippen MR) is 78.1 cm³/mol. The molecule has 1 N–H and O–H groups in total. The molecule has 1 aliphatic rings. The Morgan fingerprint density at radius 1 is 1.35 bits per heavy atom. The number of hydrogen-bond acceptors (Lipinski definition) is 3. The van der Waals surface area contributed by atoms with E-state index in [1.807, 2.05) is 30.3 Å². The molecule has 0 atom stereocenters. The Balaban J connectivity index is 2.28. The maximum Gasteiger partial charge on any atom is 0.233 e. The van der Waals surface area contributed by atoms with Gasteiger partial charge >= 0.3 is 0 Å². The van der Waals surface area contributed by atoms with Gasteiger partial charge in [0, 0.05) is 13.6 Å². The molecular weight excluding hydrogens is 250 g/mol. The Morgan fingerprint density at radius 3 is 2.60 bits per heavy atom. The summed E-state index contributed by atoms with van der Waals surface area (Å²) in [7, 11) is 1.80. The molecule has 1 amide bonds. The van der Waals surface area contributed by atoms with Gasteiger partial charge in [0.15, 0.2) is 0 Å². The van der Waals surface area contributed by atoms with Crippen molar-refractivity contribution in [3.8, 4) is 6.07 Å². The quantitative estimate of drug-likeness (QED) is 0.906. The van der Waals surface area contributed by atoms with Crippen LogP contribution in [0.1, 0.15) is 24.8 Å². The van der Waals surface area contributed by atoms with Crippen LogP contribution in [0.3, 0.4) is 0 Å². The van der Waals surface area contributed by atoms with Gasteiger partial charge in [-0.2, -0.15) is 5.26 Å². The van der Waals surface area contributed by atoms with Gasteiger partial charge in [-0.3, -0.25) is 4.79 Å². The van der Waals surface area contributed by atoms with Crippen molar-refractivity contribution in [2.45, 2.75) is 24.7 Å². The van der Waals surface area contributed by atoms with E-state index in [0.717, 1.165) is 31.5 Å². The molecule has 0 unspecified atom stereocenters. The van der Waals surface area contributed by atoms with Gasteiger partial charge in [-0.1, -0.05) is 30.3 Å². The number of hydrogen-bond donors (Lipinski definition) is 1. The van der Waals surface area contributed by atoms with Gasteiger partial charge in [0.1, 0.15) is 0 Å². The molecule has 4 nitrogen and oxygen atoms in total. The maximum absolute atomic E-state index is 12.9. The third-order valence-electron chi connectivity index (χ3n) is 4.10. The van der Waals surface area contributed by atoms with E-state index >= 15 is 0 Å². The highest BCUT2D eigenvalue weighted by Gasteiger charge is 2.42. The zero-order chi connectivity index (χ0) is 14.4. The summed E-state index contributed by atoms with van der Waals surface area (Å²) in [6.07, 6.45) is 2.00. The Morgan fingerprint density at radius 2 is 2.00 bits per heavy atom. The number of nitrogens with one attached hydrogen (secondary N) is 1. The van der Waals surface area contributed by atoms with Crippen LogP contribution < -0.4 is 5.32 Å². The van der Waals surface area contributed by atoms with E-state index in [1.54, 1.807) is 11.9 Å². The van der Waals surface area contributed by atoms with Gasteiger partial charge in [-0.15, -0.1) is 0 Å². The molecule has 1 aromatic carbocycles. The largest absolute Gasteiger partial charge is 0.344 e. The van der Waals surface area contributed by atoms with Crippen molar-refractivity contribution in [2.24, 2.45) is 0 Å². The lowest BCUT2D eigenvalue weighted by atomic mass is 9.72. The lowest BCUT2D eigenvalue weighted by Crippen LogP contribution is -2.51. The van der Waals surface area contributed by atoms with Crippen LogP contribution in [0.5, 0.6) is 0 Å². The molecule has 20 heavy (non-hydrogen) atoms. The van der Waals surface area contributed by atoms with Crippen LogP contribution >= 0.6 is 0 Å². The Bertz CT molecular complexity index is 486. The van der Waals surface area contributed by atoms with Crippen LogP contribution in [0.25, 0.3) is 0 Å². The third kappa shape index (κ3) is 2.83. The number of amides is 1. The highest BCUT2D eigenvalue weighted by atomic mass is 16.2. The molecule has 106 valence electrons. The first-order chi connectivity index (χ1) is 9.70. The van der Waals surface area contributed by atoms with Crippen molar-refractivity contribution < 1.29 is 4.79 Å². The summed E-state index contributed by atoms with van der Waals surface area (Å²) < 4.78 is 0. The zero-order valence-electron chi connectivity index (χ0n) is 11.9. The molecule has 1 heterocycles. The predicted octanol–water partition coefficient (Wildman–Crippen LogP) is 1.68. The summed E-state index contributed by atoms with van der Waals surface area (Å²) in [6.45, 7) is 2.21. The summed E-state index contributed by atoms with van der Waals surface area (Å²) in [5.41, 5.74) is 0.659. The number of likely N-dealkylation sites (N-methyl/N-ethyl adjacent to an activating group) is 1. The lowest BCUT2D eigenvalue weighted by Gasteiger charge is -2.39. The van der Waals surface area contributed by atoms with Crippen LogP contribution in [0, 0.1) is 11.3 Å². The topological polar surface area (TPSA) is 56.1 Å². The second kappa shape index (κ2) is 6.53. The summed E-state index contributed by atoms with van der Waals surface area (Å²) in [6, 6.07) is 12.1. The molecule has 4 heteroatoms. The van der Waals surface area contributed by atoms with Gasteiger partial charge in [0.05, 0.1) is 17.9 Å². The summed E-state index contributed by atoms with van der Waals surface area (Å²) >= 11 is 0.